The van der Waals surface area contributed by atoms with E-state index in [1.165, 1.54) is 10.8 Å². The van der Waals surface area contributed by atoms with Gasteiger partial charge in [0.1, 0.15) is 0 Å². The number of carbonyl (C=O) groups excluding carboxylic acids is 2. The van der Waals surface area contributed by atoms with Gasteiger partial charge in [-0.15, -0.1) is 0 Å². The van der Waals surface area contributed by atoms with Crippen molar-refractivity contribution >= 4 is 12.2 Å². The molecule has 2 rings (SSSR count). The van der Waals surface area contributed by atoms with E-state index >= 15 is 0 Å². The van der Waals surface area contributed by atoms with Gasteiger partial charge in [0.05, 0.1) is 11.3 Å². The Labute approximate surface area is 86.2 Å². The van der Waals surface area contributed by atoms with Crippen molar-refractivity contribution in [2.24, 2.45) is 0 Å². The first kappa shape index (κ1) is 9.33. The predicted octanol–water partition coefficient (Wildman–Crippen LogP) is 1.38. The zero-order valence-corrected chi connectivity index (χ0v) is 7.83. The number of hydrogen-bond donors (Lipinski definition) is 0. The smallest absolute Gasteiger partial charge is 0.264 e. The van der Waals surface area contributed by atoms with Crippen LogP contribution in [0.25, 0.3) is 0 Å². The number of pyridine rings is 1. The summed E-state index contributed by atoms with van der Waals surface area (Å²) in [4.78, 5) is 26.3. The van der Waals surface area contributed by atoms with E-state index in [1.54, 1.807) is 36.7 Å². The van der Waals surface area contributed by atoms with Gasteiger partial charge in [0, 0.05) is 18.6 Å². The molecule has 0 radical (unpaired) electrons. The lowest BCUT2D eigenvalue weighted by Gasteiger charge is -2.02. The lowest BCUT2D eigenvalue weighted by atomic mass is 10.2. The molecule has 2 aromatic heterocycles. The van der Waals surface area contributed by atoms with Crippen LogP contribution in [0.4, 0.5) is 0 Å². The molecular weight excluding hydrogens is 192 g/mol. The third-order valence-corrected chi connectivity index (χ3v) is 2.03. The Morgan fingerprint density at radius 3 is 2.87 bits per heavy atom. The van der Waals surface area contributed by atoms with Crippen molar-refractivity contribution in [1.82, 2.24) is 9.55 Å². The Kier molecular flexibility index (Phi) is 2.41. The molecule has 0 saturated carbocycles. The van der Waals surface area contributed by atoms with Crippen molar-refractivity contribution in [2.45, 2.75) is 0 Å². The fourth-order valence-corrected chi connectivity index (χ4v) is 1.30. The summed E-state index contributed by atoms with van der Waals surface area (Å²) >= 11 is 0. The molecule has 2 heterocycles. The van der Waals surface area contributed by atoms with Crippen LogP contribution in [0.1, 0.15) is 20.8 Å². The minimum atomic E-state index is -0.254. The van der Waals surface area contributed by atoms with Gasteiger partial charge in [-0.1, -0.05) is 0 Å². The van der Waals surface area contributed by atoms with Crippen LogP contribution in [0, 0.1) is 0 Å². The van der Waals surface area contributed by atoms with Gasteiger partial charge in [0.25, 0.3) is 5.91 Å². The van der Waals surface area contributed by atoms with Crippen molar-refractivity contribution in [2.75, 3.05) is 0 Å². The molecule has 15 heavy (non-hydrogen) atoms. The first-order valence-corrected chi connectivity index (χ1v) is 4.40. The highest BCUT2D eigenvalue weighted by Crippen LogP contribution is 2.05. The molecule has 0 aliphatic rings. The second-order valence-electron chi connectivity index (χ2n) is 2.97. The second-order valence-corrected chi connectivity index (χ2v) is 2.97. The Balaban J connectivity index is 2.41. The predicted molar refractivity (Wildman–Crippen MR) is 53.8 cm³/mol. The quantitative estimate of drug-likeness (QED) is 0.688. The standard InChI is InChI=1S/C11H8N2O2/c14-8-10-4-2-6-13(10)11(15)9-3-1-5-12-7-9/h1-8H. The Bertz CT molecular complexity index is 488. The monoisotopic (exact) mass is 200 g/mol. The lowest BCUT2D eigenvalue weighted by Crippen LogP contribution is -2.13. The molecular formula is C11H8N2O2. The topological polar surface area (TPSA) is 52.0 Å². The number of rotatable bonds is 2. The van der Waals surface area contributed by atoms with Gasteiger partial charge in [-0.3, -0.25) is 19.1 Å². The molecule has 0 atom stereocenters. The zero-order valence-electron chi connectivity index (χ0n) is 7.83. The summed E-state index contributed by atoms with van der Waals surface area (Å²) in [5.74, 6) is -0.254. The summed E-state index contributed by atoms with van der Waals surface area (Å²) in [5, 5.41) is 0. The van der Waals surface area contributed by atoms with Gasteiger partial charge < -0.3 is 0 Å². The molecule has 0 aliphatic heterocycles. The van der Waals surface area contributed by atoms with Crippen molar-refractivity contribution in [1.29, 1.82) is 0 Å². The highest BCUT2D eigenvalue weighted by atomic mass is 16.2. The van der Waals surface area contributed by atoms with Gasteiger partial charge >= 0.3 is 0 Å². The minimum absolute atomic E-state index is 0.254. The van der Waals surface area contributed by atoms with E-state index in [0.717, 1.165) is 0 Å². The van der Waals surface area contributed by atoms with Gasteiger partial charge in [0.15, 0.2) is 6.29 Å². The minimum Gasteiger partial charge on any atom is -0.296 e. The average molecular weight is 200 g/mol. The van der Waals surface area contributed by atoms with Gasteiger partial charge in [-0.05, 0) is 24.3 Å². The Morgan fingerprint density at radius 2 is 2.20 bits per heavy atom. The molecule has 0 aromatic carbocycles. The van der Waals surface area contributed by atoms with Crippen LogP contribution in [0.3, 0.4) is 0 Å². The number of carbonyl (C=O) groups is 2. The van der Waals surface area contributed by atoms with E-state index in [1.807, 2.05) is 0 Å². The maximum atomic E-state index is 11.9. The summed E-state index contributed by atoms with van der Waals surface area (Å²) < 4.78 is 1.30. The normalized spacial score (nSPS) is 9.87. The molecule has 0 unspecified atom stereocenters. The second kappa shape index (κ2) is 3.88. The molecule has 0 N–H and O–H groups in total. The van der Waals surface area contributed by atoms with Crippen molar-refractivity contribution in [3.8, 4) is 0 Å². The molecule has 2 aromatic rings. The largest absolute Gasteiger partial charge is 0.296 e. The van der Waals surface area contributed by atoms with E-state index in [2.05, 4.69) is 4.98 Å². The first-order chi connectivity index (χ1) is 7.33. The van der Waals surface area contributed by atoms with Crippen LogP contribution >= 0.6 is 0 Å². The SMILES string of the molecule is O=Cc1cccn1C(=O)c1cccnc1. The van der Waals surface area contributed by atoms with Gasteiger partial charge in [0.2, 0.25) is 0 Å². The molecule has 4 nitrogen and oxygen atoms in total. The van der Waals surface area contributed by atoms with Crippen molar-refractivity contribution in [3.05, 3.63) is 54.1 Å². The fourth-order valence-electron chi connectivity index (χ4n) is 1.30. The maximum absolute atomic E-state index is 11.9. The van der Waals surface area contributed by atoms with Gasteiger partial charge in [-0.2, -0.15) is 0 Å². The highest BCUT2D eigenvalue weighted by Gasteiger charge is 2.10. The average Bonchev–Trinajstić information content (AvgIpc) is 2.77. The van der Waals surface area contributed by atoms with E-state index < -0.39 is 0 Å². The van der Waals surface area contributed by atoms with Crippen LogP contribution in [0.15, 0.2) is 42.9 Å². The van der Waals surface area contributed by atoms with Crippen LogP contribution in [0.5, 0.6) is 0 Å². The van der Waals surface area contributed by atoms with E-state index in [-0.39, 0.29) is 5.91 Å². The summed E-state index contributed by atoms with van der Waals surface area (Å²) in [6.45, 7) is 0. The van der Waals surface area contributed by atoms with Crippen LogP contribution in [-0.4, -0.2) is 21.7 Å². The Morgan fingerprint density at radius 1 is 1.33 bits per heavy atom. The molecule has 0 aliphatic carbocycles. The van der Waals surface area contributed by atoms with Crippen molar-refractivity contribution < 1.29 is 9.59 Å². The summed E-state index contributed by atoms with van der Waals surface area (Å²) in [5.41, 5.74) is 0.792. The van der Waals surface area contributed by atoms with Crippen LogP contribution < -0.4 is 0 Å². The molecule has 0 bridgehead atoms. The van der Waals surface area contributed by atoms with Crippen molar-refractivity contribution in [3.63, 3.8) is 0 Å². The van der Waals surface area contributed by atoms with E-state index in [0.29, 0.717) is 17.5 Å². The van der Waals surface area contributed by atoms with Crippen LogP contribution in [-0.2, 0) is 0 Å². The molecule has 0 fully saturated rings. The molecule has 74 valence electrons. The van der Waals surface area contributed by atoms with E-state index in [4.69, 9.17) is 0 Å². The number of nitrogens with zero attached hydrogens (tertiary/aromatic N) is 2. The fraction of sp³-hybridized carbons (Fsp3) is 0. The number of hydrogen-bond acceptors (Lipinski definition) is 3. The lowest BCUT2D eigenvalue weighted by molar-refractivity contribution is 0.0946. The molecule has 0 saturated heterocycles. The Hall–Kier alpha value is -2.23. The summed E-state index contributed by atoms with van der Waals surface area (Å²) in [6.07, 6.45) is 5.26. The third kappa shape index (κ3) is 1.69. The summed E-state index contributed by atoms with van der Waals surface area (Å²) in [7, 11) is 0. The van der Waals surface area contributed by atoms with Crippen LogP contribution in [0.2, 0.25) is 0 Å². The molecule has 0 spiro atoms. The number of aromatic nitrogens is 2. The zero-order chi connectivity index (χ0) is 10.7. The first-order valence-electron chi connectivity index (χ1n) is 4.40. The highest BCUT2D eigenvalue weighted by molar-refractivity contribution is 5.98. The van der Waals surface area contributed by atoms with Gasteiger partial charge in [-0.25, -0.2) is 0 Å². The molecule has 0 amide bonds. The third-order valence-electron chi connectivity index (χ3n) is 2.03. The maximum Gasteiger partial charge on any atom is 0.264 e. The molecule has 4 heteroatoms. The summed E-state index contributed by atoms with van der Waals surface area (Å²) in [6, 6.07) is 6.57. The van der Waals surface area contributed by atoms with E-state index in [9.17, 15) is 9.59 Å². The number of aldehydes is 1.